The number of aromatic nitrogens is 2. The van der Waals surface area contributed by atoms with Gasteiger partial charge in [0.25, 0.3) is 5.91 Å². The van der Waals surface area contributed by atoms with Gasteiger partial charge in [-0.1, -0.05) is 48.6 Å². The van der Waals surface area contributed by atoms with E-state index in [0.29, 0.717) is 45.8 Å². The summed E-state index contributed by atoms with van der Waals surface area (Å²) in [4.78, 5) is 26.0. The van der Waals surface area contributed by atoms with Crippen molar-refractivity contribution < 1.29 is 24.2 Å². The molecule has 1 aliphatic heterocycles. The van der Waals surface area contributed by atoms with Crippen molar-refractivity contribution in [3.8, 4) is 28.4 Å². The number of hydrogen-bond acceptors (Lipinski definition) is 7. The van der Waals surface area contributed by atoms with E-state index in [-0.39, 0.29) is 12.3 Å². The molecule has 0 radical (unpaired) electrons. The molecule has 4 rings (SSSR count). The Morgan fingerprint density at radius 2 is 1.84 bits per heavy atom. The molecule has 0 saturated carbocycles. The SMILES string of the molecule is COc1ccc(-c2nn(-c3ccccc3)cc2C=C2SC(=S)N(CCCCCC(=O)O)C2=O)cc1OC. The van der Waals surface area contributed by atoms with Gasteiger partial charge in [0.1, 0.15) is 10.0 Å². The first-order valence-corrected chi connectivity index (χ1v) is 13.0. The fourth-order valence-electron chi connectivity index (χ4n) is 3.97. The minimum atomic E-state index is -0.810. The molecule has 8 nitrogen and oxygen atoms in total. The zero-order valence-corrected chi connectivity index (χ0v) is 22.2. The highest BCUT2D eigenvalue weighted by molar-refractivity contribution is 8.26. The second-order valence-corrected chi connectivity index (χ2v) is 10.00. The summed E-state index contributed by atoms with van der Waals surface area (Å²) in [5.74, 6) is 0.225. The number of ether oxygens (including phenoxy) is 2. The number of carboxylic acid groups (broad SMARTS) is 1. The number of thiocarbonyl (C=S) groups is 1. The molecule has 0 unspecified atom stereocenters. The molecule has 1 amide bonds. The lowest BCUT2D eigenvalue weighted by molar-refractivity contribution is -0.137. The monoisotopic (exact) mass is 537 g/mol. The number of carboxylic acids is 1. The van der Waals surface area contributed by atoms with Gasteiger partial charge in [-0.3, -0.25) is 14.5 Å². The van der Waals surface area contributed by atoms with E-state index in [9.17, 15) is 9.59 Å². The highest BCUT2D eigenvalue weighted by Gasteiger charge is 2.32. The Morgan fingerprint density at radius 1 is 1.08 bits per heavy atom. The molecule has 0 bridgehead atoms. The molecule has 10 heteroatoms. The fourth-order valence-corrected chi connectivity index (χ4v) is 5.27. The number of hydrogen-bond donors (Lipinski definition) is 1. The Labute approximate surface area is 224 Å². The van der Waals surface area contributed by atoms with Gasteiger partial charge < -0.3 is 14.6 Å². The van der Waals surface area contributed by atoms with Gasteiger partial charge in [-0.05, 0) is 49.2 Å². The van der Waals surface area contributed by atoms with Crippen LogP contribution in [-0.4, -0.2) is 56.7 Å². The van der Waals surface area contributed by atoms with E-state index in [1.54, 1.807) is 23.8 Å². The number of aliphatic carboxylic acids is 1. The summed E-state index contributed by atoms with van der Waals surface area (Å²) in [5, 5.41) is 13.6. The van der Waals surface area contributed by atoms with Crippen LogP contribution in [0.1, 0.15) is 31.2 Å². The molecule has 0 atom stereocenters. The van der Waals surface area contributed by atoms with E-state index in [2.05, 4.69) is 0 Å². The number of methoxy groups -OCH3 is 2. The number of benzene rings is 2. The lowest BCUT2D eigenvalue weighted by atomic mass is 10.1. The summed E-state index contributed by atoms with van der Waals surface area (Å²) in [5.41, 5.74) is 3.15. The quantitative estimate of drug-likeness (QED) is 0.197. The number of carbonyl (C=O) groups is 2. The number of thioether (sulfide) groups is 1. The van der Waals surface area contributed by atoms with Crippen LogP contribution < -0.4 is 9.47 Å². The molecule has 2 aromatic carbocycles. The zero-order valence-electron chi connectivity index (χ0n) is 20.5. The highest BCUT2D eigenvalue weighted by Crippen LogP contribution is 2.37. The van der Waals surface area contributed by atoms with Gasteiger partial charge in [0, 0.05) is 30.3 Å². The molecule has 37 heavy (non-hydrogen) atoms. The van der Waals surface area contributed by atoms with Gasteiger partial charge in [-0.25, -0.2) is 4.68 Å². The van der Waals surface area contributed by atoms with Crippen LogP contribution in [-0.2, 0) is 9.59 Å². The third-order valence-electron chi connectivity index (χ3n) is 5.85. The van der Waals surface area contributed by atoms with Crippen LogP contribution in [0.2, 0.25) is 0 Å². The summed E-state index contributed by atoms with van der Waals surface area (Å²) < 4.78 is 13.1. The van der Waals surface area contributed by atoms with E-state index < -0.39 is 5.97 Å². The summed E-state index contributed by atoms with van der Waals surface area (Å²) in [7, 11) is 3.17. The number of rotatable bonds is 11. The molecule has 1 N–H and O–H groups in total. The second-order valence-electron chi connectivity index (χ2n) is 8.32. The topological polar surface area (TPSA) is 93.9 Å². The van der Waals surface area contributed by atoms with E-state index >= 15 is 0 Å². The maximum Gasteiger partial charge on any atom is 0.303 e. The van der Waals surface area contributed by atoms with Crippen LogP contribution in [0.15, 0.2) is 59.6 Å². The molecule has 2 heterocycles. The molecule has 1 saturated heterocycles. The maximum absolute atomic E-state index is 13.2. The first kappa shape index (κ1) is 26.4. The molecule has 1 aliphatic rings. The minimum absolute atomic E-state index is 0.128. The third-order valence-corrected chi connectivity index (χ3v) is 7.23. The molecule has 3 aromatic rings. The van der Waals surface area contributed by atoms with Gasteiger partial charge in [0.2, 0.25) is 0 Å². The highest BCUT2D eigenvalue weighted by atomic mass is 32.2. The molecule has 192 valence electrons. The van der Waals surface area contributed by atoms with Crippen molar-refractivity contribution >= 4 is 46.3 Å². The zero-order chi connectivity index (χ0) is 26.4. The summed E-state index contributed by atoms with van der Waals surface area (Å²) in [6.45, 7) is 0.466. The smallest absolute Gasteiger partial charge is 0.303 e. The number of unbranched alkanes of at least 4 members (excludes halogenated alkanes) is 2. The summed E-state index contributed by atoms with van der Waals surface area (Å²) >= 11 is 6.74. The molecule has 1 fully saturated rings. The lowest BCUT2D eigenvalue weighted by Crippen LogP contribution is -2.29. The predicted octanol–water partition coefficient (Wildman–Crippen LogP) is 5.40. The largest absolute Gasteiger partial charge is 0.493 e. The Hall–Kier alpha value is -3.63. The summed E-state index contributed by atoms with van der Waals surface area (Å²) in [6.07, 6.45) is 5.82. The standard InChI is InChI=1S/C27H27N3O5S2/c1-34-21-13-12-18(15-22(21)35-2)25-19(17-30(28-25)20-9-5-3-6-10-20)16-23-26(33)29(27(36)37-23)14-8-4-7-11-24(31)32/h3,5-6,9-10,12-13,15-17H,4,7-8,11,14H2,1-2H3,(H,31,32). The van der Waals surface area contributed by atoms with E-state index in [1.807, 2.05) is 60.8 Å². The van der Waals surface area contributed by atoms with E-state index in [1.165, 1.54) is 11.8 Å². The van der Waals surface area contributed by atoms with Crippen molar-refractivity contribution in [1.29, 1.82) is 0 Å². The Morgan fingerprint density at radius 3 is 2.54 bits per heavy atom. The van der Waals surface area contributed by atoms with Gasteiger partial charge in [-0.2, -0.15) is 5.10 Å². The average molecular weight is 538 g/mol. The van der Waals surface area contributed by atoms with Crippen LogP contribution in [0.25, 0.3) is 23.0 Å². The molecule has 0 aliphatic carbocycles. The van der Waals surface area contributed by atoms with Gasteiger partial charge in [0.05, 0.1) is 24.8 Å². The molecule has 1 aromatic heterocycles. The van der Waals surface area contributed by atoms with Crippen molar-refractivity contribution in [2.45, 2.75) is 25.7 Å². The lowest BCUT2D eigenvalue weighted by Gasteiger charge is -2.13. The fraction of sp³-hybridized carbons (Fsp3) is 0.259. The second kappa shape index (κ2) is 12.1. The van der Waals surface area contributed by atoms with Crippen LogP contribution in [0.4, 0.5) is 0 Å². The van der Waals surface area contributed by atoms with Crippen LogP contribution in [0.5, 0.6) is 11.5 Å². The van der Waals surface area contributed by atoms with E-state index in [0.717, 1.165) is 23.2 Å². The van der Waals surface area contributed by atoms with Gasteiger partial charge >= 0.3 is 5.97 Å². The minimum Gasteiger partial charge on any atom is -0.493 e. The average Bonchev–Trinajstić information content (AvgIpc) is 3.44. The maximum atomic E-state index is 13.2. The van der Waals surface area contributed by atoms with Crippen molar-refractivity contribution in [2.24, 2.45) is 0 Å². The Kier molecular flexibility index (Phi) is 8.62. The normalized spacial score (nSPS) is 14.4. The van der Waals surface area contributed by atoms with Gasteiger partial charge in [-0.15, -0.1) is 0 Å². The predicted molar refractivity (Wildman–Crippen MR) is 148 cm³/mol. The van der Waals surface area contributed by atoms with Crippen molar-refractivity contribution in [3.05, 3.63) is 65.2 Å². The molecular formula is C27H27N3O5S2. The van der Waals surface area contributed by atoms with Crippen molar-refractivity contribution in [1.82, 2.24) is 14.7 Å². The summed E-state index contributed by atoms with van der Waals surface area (Å²) in [6, 6.07) is 15.3. The third kappa shape index (κ3) is 6.20. The molecule has 0 spiro atoms. The van der Waals surface area contributed by atoms with Crippen LogP contribution in [0, 0.1) is 0 Å². The van der Waals surface area contributed by atoms with Crippen LogP contribution in [0.3, 0.4) is 0 Å². The number of carbonyl (C=O) groups excluding carboxylic acids is 1. The Balaban J connectivity index is 1.64. The van der Waals surface area contributed by atoms with Crippen molar-refractivity contribution in [3.63, 3.8) is 0 Å². The number of amides is 1. The van der Waals surface area contributed by atoms with Gasteiger partial charge in [0.15, 0.2) is 11.5 Å². The number of para-hydroxylation sites is 1. The first-order chi connectivity index (χ1) is 17.9. The molecular weight excluding hydrogens is 510 g/mol. The van der Waals surface area contributed by atoms with E-state index in [4.69, 9.17) is 31.9 Å². The van der Waals surface area contributed by atoms with Crippen LogP contribution >= 0.6 is 24.0 Å². The van der Waals surface area contributed by atoms with Crippen molar-refractivity contribution in [2.75, 3.05) is 20.8 Å². The Bertz CT molecular complexity index is 1340. The first-order valence-electron chi connectivity index (χ1n) is 11.8. The number of nitrogens with zero attached hydrogens (tertiary/aromatic N) is 3.